The zero-order valence-corrected chi connectivity index (χ0v) is 14.8. The summed E-state index contributed by atoms with van der Waals surface area (Å²) in [5.41, 5.74) is 8.10. The highest BCUT2D eigenvalue weighted by Gasteiger charge is 2.33. The summed E-state index contributed by atoms with van der Waals surface area (Å²) in [5.74, 6) is 0.921. The van der Waals surface area contributed by atoms with Crippen LogP contribution in [-0.2, 0) is 4.79 Å². The molecule has 1 heterocycles. The van der Waals surface area contributed by atoms with Crippen LogP contribution >= 0.6 is 11.8 Å². The van der Waals surface area contributed by atoms with Gasteiger partial charge in [-0.2, -0.15) is 0 Å². The van der Waals surface area contributed by atoms with Gasteiger partial charge in [0, 0.05) is 30.6 Å². The van der Waals surface area contributed by atoms with Crippen LogP contribution in [0, 0.1) is 0 Å². The van der Waals surface area contributed by atoms with Crippen LogP contribution in [0.4, 0.5) is 0 Å². The van der Waals surface area contributed by atoms with Gasteiger partial charge < -0.3 is 10.6 Å². The van der Waals surface area contributed by atoms with Gasteiger partial charge in [-0.3, -0.25) is 9.59 Å². The van der Waals surface area contributed by atoms with Crippen molar-refractivity contribution in [2.45, 2.75) is 12.0 Å². The van der Waals surface area contributed by atoms with E-state index in [1.807, 2.05) is 41.3 Å². The Labute approximate surface area is 152 Å². The van der Waals surface area contributed by atoms with Crippen molar-refractivity contribution in [3.05, 3.63) is 71.8 Å². The predicted molar refractivity (Wildman–Crippen MR) is 102 cm³/mol. The van der Waals surface area contributed by atoms with E-state index in [4.69, 9.17) is 5.73 Å². The number of nitrogens with two attached hydrogens (primary N) is 1. The summed E-state index contributed by atoms with van der Waals surface area (Å²) in [6, 6.07) is 19.2. The fourth-order valence-electron chi connectivity index (χ4n) is 3.12. The Bertz CT molecular complexity index is 721. The number of carbonyl (C=O) groups is 2. The maximum absolute atomic E-state index is 12.4. The van der Waals surface area contributed by atoms with Crippen LogP contribution < -0.4 is 5.73 Å². The molecule has 0 spiro atoms. The summed E-state index contributed by atoms with van der Waals surface area (Å²) in [6.45, 7) is 1.22. The summed E-state index contributed by atoms with van der Waals surface area (Å²) >= 11 is 1.37. The number of benzene rings is 2. The molecule has 0 bridgehead atoms. The molecule has 1 aliphatic heterocycles. The number of ketones is 1. The molecule has 1 fully saturated rings. The summed E-state index contributed by atoms with van der Waals surface area (Å²) in [5, 5.41) is 0. The van der Waals surface area contributed by atoms with Gasteiger partial charge in [-0.15, -0.1) is 11.8 Å². The number of rotatable bonds is 6. The molecule has 3 rings (SSSR count). The molecule has 0 saturated carbocycles. The van der Waals surface area contributed by atoms with Crippen molar-refractivity contribution in [1.82, 2.24) is 4.90 Å². The SMILES string of the molecule is N[C@@H]1CN(C(=O)CSCC(=O)c2ccccc2)C[C@H]1c1ccccc1. The lowest BCUT2D eigenvalue weighted by Gasteiger charge is -2.16. The summed E-state index contributed by atoms with van der Waals surface area (Å²) in [4.78, 5) is 26.3. The Morgan fingerprint density at radius 3 is 2.28 bits per heavy atom. The lowest BCUT2D eigenvalue weighted by Crippen LogP contribution is -2.33. The Morgan fingerprint density at radius 1 is 0.960 bits per heavy atom. The minimum Gasteiger partial charge on any atom is -0.340 e. The molecular formula is C20H22N2O2S. The van der Waals surface area contributed by atoms with E-state index in [2.05, 4.69) is 12.1 Å². The standard InChI is InChI=1S/C20H22N2O2S/c21-18-12-22(11-17(18)15-7-3-1-4-8-15)20(24)14-25-13-19(23)16-9-5-2-6-10-16/h1-10,17-18H,11-14,21H2/t17-,18+/m0/s1. The summed E-state index contributed by atoms with van der Waals surface area (Å²) in [7, 11) is 0. The molecule has 4 nitrogen and oxygen atoms in total. The molecule has 1 amide bonds. The van der Waals surface area contributed by atoms with E-state index in [9.17, 15) is 9.59 Å². The quantitative estimate of drug-likeness (QED) is 0.810. The van der Waals surface area contributed by atoms with E-state index in [0.717, 1.165) is 0 Å². The van der Waals surface area contributed by atoms with Gasteiger partial charge in [0.25, 0.3) is 0 Å². The van der Waals surface area contributed by atoms with Crippen LogP contribution in [0.5, 0.6) is 0 Å². The zero-order valence-electron chi connectivity index (χ0n) is 14.0. The molecule has 25 heavy (non-hydrogen) atoms. The Hall–Kier alpha value is -2.11. The molecule has 2 atom stereocenters. The number of hydrogen-bond acceptors (Lipinski definition) is 4. The van der Waals surface area contributed by atoms with Crippen molar-refractivity contribution in [3.8, 4) is 0 Å². The molecule has 0 radical (unpaired) electrons. The second kappa shape index (κ2) is 8.32. The van der Waals surface area contributed by atoms with Crippen LogP contribution in [0.3, 0.4) is 0 Å². The molecule has 0 aliphatic carbocycles. The minimum atomic E-state index is -0.0395. The molecule has 0 aromatic heterocycles. The highest BCUT2D eigenvalue weighted by atomic mass is 32.2. The average Bonchev–Trinajstić information content (AvgIpc) is 3.05. The van der Waals surface area contributed by atoms with Crippen molar-refractivity contribution in [2.75, 3.05) is 24.6 Å². The molecular weight excluding hydrogens is 332 g/mol. The smallest absolute Gasteiger partial charge is 0.232 e. The Morgan fingerprint density at radius 2 is 1.60 bits per heavy atom. The van der Waals surface area contributed by atoms with Gasteiger partial charge in [0.05, 0.1) is 11.5 Å². The number of nitrogens with zero attached hydrogens (tertiary/aromatic N) is 1. The third-order valence-corrected chi connectivity index (χ3v) is 5.42. The first-order valence-corrected chi connectivity index (χ1v) is 9.55. The molecule has 2 N–H and O–H groups in total. The highest BCUT2D eigenvalue weighted by molar-refractivity contribution is 8.00. The van der Waals surface area contributed by atoms with Crippen molar-refractivity contribution < 1.29 is 9.59 Å². The van der Waals surface area contributed by atoms with Gasteiger partial charge in [-0.05, 0) is 5.56 Å². The molecule has 2 aromatic carbocycles. The third kappa shape index (κ3) is 4.50. The first-order valence-electron chi connectivity index (χ1n) is 8.39. The first kappa shape index (κ1) is 17.7. The second-order valence-electron chi connectivity index (χ2n) is 6.26. The van der Waals surface area contributed by atoms with Gasteiger partial charge in [-0.1, -0.05) is 60.7 Å². The van der Waals surface area contributed by atoms with Gasteiger partial charge in [0.15, 0.2) is 5.78 Å². The Balaban J connectivity index is 1.48. The number of thioether (sulfide) groups is 1. The van der Waals surface area contributed by atoms with Gasteiger partial charge >= 0.3 is 0 Å². The van der Waals surface area contributed by atoms with E-state index in [1.54, 1.807) is 12.1 Å². The fraction of sp³-hybridized carbons (Fsp3) is 0.300. The monoisotopic (exact) mass is 354 g/mol. The van der Waals surface area contributed by atoms with Crippen molar-refractivity contribution in [3.63, 3.8) is 0 Å². The summed E-state index contributed by atoms with van der Waals surface area (Å²) in [6.07, 6.45) is 0. The number of likely N-dealkylation sites (tertiary alicyclic amines) is 1. The lowest BCUT2D eigenvalue weighted by molar-refractivity contribution is -0.127. The minimum absolute atomic E-state index is 0.0395. The van der Waals surface area contributed by atoms with Crippen LogP contribution in [0.1, 0.15) is 21.8 Å². The highest BCUT2D eigenvalue weighted by Crippen LogP contribution is 2.26. The second-order valence-corrected chi connectivity index (χ2v) is 7.25. The molecule has 1 saturated heterocycles. The number of hydrogen-bond donors (Lipinski definition) is 1. The largest absolute Gasteiger partial charge is 0.340 e. The topological polar surface area (TPSA) is 63.4 Å². The van der Waals surface area contributed by atoms with Crippen molar-refractivity contribution >= 4 is 23.5 Å². The number of carbonyl (C=O) groups excluding carboxylic acids is 2. The van der Waals surface area contributed by atoms with Gasteiger partial charge in [0.1, 0.15) is 0 Å². The van der Waals surface area contributed by atoms with Crippen LogP contribution in [-0.4, -0.2) is 47.2 Å². The van der Waals surface area contributed by atoms with E-state index in [0.29, 0.717) is 30.2 Å². The van der Waals surface area contributed by atoms with Crippen molar-refractivity contribution in [2.24, 2.45) is 5.73 Å². The molecule has 5 heteroatoms. The van der Waals surface area contributed by atoms with Crippen LogP contribution in [0.15, 0.2) is 60.7 Å². The van der Waals surface area contributed by atoms with E-state index >= 15 is 0 Å². The maximum Gasteiger partial charge on any atom is 0.232 e. The van der Waals surface area contributed by atoms with E-state index < -0.39 is 0 Å². The van der Waals surface area contributed by atoms with E-state index in [-0.39, 0.29) is 23.7 Å². The van der Waals surface area contributed by atoms with Gasteiger partial charge in [0.2, 0.25) is 5.91 Å². The molecule has 1 aliphatic rings. The fourth-order valence-corrected chi connectivity index (χ4v) is 3.93. The third-order valence-electron chi connectivity index (χ3n) is 4.50. The predicted octanol–water partition coefficient (Wildman–Crippen LogP) is 2.56. The molecule has 0 unspecified atom stereocenters. The van der Waals surface area contributed by atoms with E-state index in [1.165, 1.54) is 17.3 Å². The summed E-state index contributed by atoms with van der Waals surface area (Å²) < 4.78 is 0. The van der Waals surface area contributed by atoms with Crippen LogP contribution in [0.25, 0.3) is 0 Å². The average molecular weight is 354 g/mol. The molecule has 130 valence electrons. The van der Waals surface area contributed by atoms with Crippen LogP contribution in [0.2, 0.25) is 0 Å². The normalized spacial score (nSPS) is 19.8. The van der Waals surface area contributed by atoms with Crippen molar-refractivity contribution in [1.29, 1.82) is 0 Å². The Kier molecular flexibility index (Phi) is 5.89. The maximum atomic E-state index is 12.4. The molecule has 2 aromatic rings. The van der Waals surface area contributed by atoms with Gasteiger partial charge in [-0.25, -0.2) is 0 Å². The first-order chi connectivity index (χ1) is 12.1. The number of Topliss-reactive ketones (excluding diaryl/α,β-unsaturated/α-hetero) is 1. The zero-order chi connectivity index (χ0) is 17.6. The lowest BCUT2D eigenvalue weighted by atomic mass is 9.95. The number of amides is 1.